The largest absolute Gasteiger partial charge is 0.346 e. The van der Waals surface area contributed by atoms with Crippen LogP contribution in [0.15, 0.2) is 30.6 Å². The summed E-state index contributed by atoms with van der Waals surface area (Å²) >= 11 is 7.48. The minimum Gasteiger partial charge on any atom is -0.346 e. The number of imidazole rings is 1. The van der Waals surface area contributed by atoms with Crippen LogP contribution in [0.4, 0.5) is 0 Å². The summed E-state index contributed by atoms with van der Waals surface area (Å²) in [5.41, 5.74) is 2.85. The molecule has 3 aromatic heterocycles. The zero-order valence-corrected chi connectivity index (χ0v) is 14.0. The summed E-state index contributed by atoms with van der Waals surface area (Å²) < 4.78 is 1.86. The molecule has 3 aromatic rings. The van der Waals surface area contributed by atoms with Gasteiger partial charge in [0.15, 0.2) is 0 Å². The number of nitrogens with zero attached hydrogens (tertiary/aromatic N) is 2. The van der Waals surface area contributed by atoms with Gasteiger partial charge in [-0.1, -0.05) is 18.5 Å². The number of fused-ring (bicyclic) bond motifs is 1. The summed E-state index contributed by atoms with van der Waals surface area (Å²) in [5.74, 6) is -0.0529. The van der Waals surface area contributed by atoms with E-state index in [1.807, 2.05) is 29.7 Å². The first-order valence-corrected chi connectivity index (χ1v) is 8.27. The molecule has 6 heteroatoms. The van der Waals surface area contributed by atoms with Crippen LogP contribution in [0.1, 0.15) is 32.7 Å². The molecule has 1 N–H and O–H groups in total. The molecule has 0 saturated heterocycles. The quantitative estimate of drug-likeness (QED) is 0.788. The van der Waals surface area contributed by atoms with E-state index in [2.05, 4.69) is 17.2 Å². The number of hydrogen-bond acceptors (Lipinski definition) is 3. The van der Waals surface area contributed by atoms with Crippen LogP contribution >= 0.6 is 22.9 Å². The van der Waals surface area contributed by atoms with Crippen molar-refractivity contribution in [2.45, 2.75) is 26.8 Å². The lowest BCUT2D eigenvalue weighted by Gasteiger charge is -2.00. The fourth-order valence-electron chi connectivity index (χ4n) is 2.34. The molecule has 0 aliphatic carbocycles. The van der Waals surface area contributed by atoms with E-state index >= 15 is 0 Å². The van der Waals surface area contributed by atoms with E-state index in [0.717, 1.165) is 22.6 Å². The highest BCUT2D eigenvalue weighted by Crippen LogP contribution is 2.22. The van der Waals surface area contributed by atoms with Gasteiger partial charge in [0.1, 0.15) is 5.65 Å². The smallest absolute Gasteiger partial charge is 0.261 e. The first-order valence-electron chi connectivity index (χ1n) is 7.07. The SMILES string of the molecule is CCc1cc(C(=O)NCc2cn3cc(Cl)ccc3n2)sc1C. The molecule has 22 heavy (non-hydrogen) atoms. The number of nitrogens with one attached hydrogen (secondary N) is 1. The number of carbonyl (C=O) groups excluding carboxylic acids is 1. The molecule has 4 nitrogen and oxygen atoms in total. The Kier molecular flexibility index (Phi) is 4.18. The van der Waals surface area contributed by atoms with Crippen LogP contribution in [0.5, 0.6) is 0 Å². The lowest BCUT2D eigenvalue weighted by Crippen LogP contribution is -2.21. The van der Waals surface area contributed by atoms with Crippen LogP contribution in [-0.2, 0) is 13.0 Å². The molecular weight excluding hydrogens is 318 g/mol. The fraction of sp³-hybridized carbons (Fsp3) is 0.250. The highest BCUT2D eigenvalue weighted by atomic mass is 35.5. The number of aryl methyl sites for hydroxylation is 2. The summed E-state index contributed by atoms with van der Waals surface area (Å²) in [6, 6.07) is 5.62. The predicted octanol–water partition coefficient (Wildman–Crippen LogP) is 3.85. The van der Waals surface area contributed by atoms with Crippen LogP contribution in [0.2, 0.25) is 5.02 Å². The second-order valence-electron chi connectivity index (χ2n) is 5.07. The van der Waals surface area contributed by atoms with Crippen LogP contribution < -0.4 is 5.32 Å². The zero-order chi connectivity index (χ0) is 15.7. The van der Waals surface area contributed by atoms with Crippen LogP contribution in [0.25, 0.3) is 5.65 Å². The van der Waals surface area contributed by atoms with Crippen molar-refractivity contribution in [3.05, 3.63) is 56.6 Å². The Morgan fingerprint density at radius 2 is 2.23 bits per heavy atom. The molecule has 0 atom stereocenters. The van der Waals surface area contributed by atoms with Crippen molar-refractivity contribution in [1.29, 1.82) is 0 Å². The number of thiophene rings is 1. The normalized spacial score (nSPS) is 11.0. The number of rotatable bonds is 4. The minimum atomic E-state index is -0.0529. The molecule has 0 bridgehead atoms. The van der Waals surface area contributed by atoms with Gasteiger partial charge in [0, 0.05) is 17.3 Å². The molecule has 0 aromatic carbocycles. The predicted molar refractivity (Wildman–Crippen MR) is 89.8 cm³/mol. The lowest BCUT2D eigenvalue weighted by atomic mass is 10.2. The highest BCUT2D eigenvalue weighted by Gasteiger charge is 2.12. The third kappa shape index (κ3) is 3.00. The van der Waals surface area contributed by atoms with Gasteiger partial charge < -0.3 is 9.72 Å². The number of aromatic nitrogens is 2. The second-order valence-corrected chi connectivity index (χ2v) is 6.77. The van der Waals surface area contributed by atoms with Gasteiger partial charge in [-0.15, -0.1) is 11.3 Å². The molecule has 0 fully saturated rings. The van der Waals surface area contributed by atoms with Crippen LogP contribution in [0, 0.1) is 6.92 Å². The Bertz CT molecular complexity index is 837. The van der Waals surface area contributed by atoms with Crippen molar-refractivity contribution in [3.8, 4) is 0 Å². The molecule has 0 aliphatic heterocycles. The Hall–Kier alpha value is -1.85. The average Bonchev–Trinajstić information content (AvgIpc) is 3.07. The molecule has 3 heterocycles. The van der Waals surface area contributed by atoms with Crippen molar-refractivity contribution in [2.24, 2.45) is 0 Å². The Labute approximate surface area is 137 Å². The summed E-state index contributed by atoms with van der Waals surface area (Å²) in [7, 11) is 0. The van der Waals surface area contributed by atoms with Crippen LogP contribution in [0.3, 0.4) is 0 Å². The number of pyridine rings is 1. The standard InChI is InChI=1S/C16H16ClN3OS/c1-3-11-6-14(22-10(11)2)16(21)18-7-13-9-20-8-12(17)4-5-15(20)19-13/h4-6,8-9H,3,7H2,1-2H3,(H,18,21). The summed E-state index contributed by atoms with van der Waals surface area (Å²) in [6.07, 6.45) is 4.62. The van der Waals surface area contributed by atoms with E-state index in [1.165, 1.54) is 21.8 Å². The number of amides is 1. The van der Waals surface area contributed by atoms with Gasteiger partial charge in [-0.05, 0) is 37.1 Å². The first-order chi connectivity index (χ1) is 10.6. The van der Waals surface area contributed by atoms with Gasteiger partial charge >= 0.3 is 0 Å². The Morgan fingerprint density at radius 3 is 2.95 bits per heavy atom. The first kappa shape index (κ1) is 15.1. The summed E-state index contributed by atoms with van der Waals surface area (Å²) in [6.45, 7) is 4.54. The Morgan fingerprint density at radius 1 is 1.41 bits per heavy atom. The summed E-state index contributed by atoms with van der Waals surface area (Å²) in [5, 5.41) is 3.57. The van der Waals surface area contributed by atoms with Gasteiger partial charge in [-0.2, -0.15) is 0 Å². The van der Waals surface area contributed by atoms with Crippen molar-refractivity contribution in [1.82, 2.24) is 14.7 Å². The lowest BCUT2D eigenvalue weighted by molar-refractivity contribution is 0.0954. The van der Waals surface area contributed by atoms with Crippen molar-refractivity contribution in [2.75, 3.05) is 0 Å². The van der Waals surface area contributed by atoms with Gasteiger partial charge in [0.2, 0.25) is 0 Å². The Balaban J connectivity index is 1.71. The summed E-state index contributed by atoms with van der Waals surface area (Å²) in [4.78, 5) is 18.6. The van der Waals surface area contributed by atoms with Crippen LogP contribution in [-0.4, -0.2) is 15.3 Å². The minimum absolute atomic E-state index is 0.0529. The van der Waals surface area contributed by atoms with Gasteiger partial charge in [0.05, 0.1) is 22.1 Å². The highest BCUT2D eigenvalue weighted by molar-refractivity contribution is 7.14. The molecule has 1 amide bonds. The van der Waals surface area contributed by atoms with Gasteiger partial charge in [0.25, 0.3) is 5.91 Å². The maximum Gasteiger partial charge on any atom is 0.261 e. The number of hydrogen-bond donors (Lipinski definition) is 1. The van der Waals surface area contributed by atoms with E-state index in [0.29, 0.717) is 11.6 Å². The van der Waals surface area contributed by atoms with E-state index in [4.69, 9.17) is 11.6 Å². The maximum absolute atomic E-state index is 12.2. The third-order valence-corrected chi connectivity index (χ3v) is 4.84. The fourth-order valence-corrected chi connectivity index (χ4v) is 3.54. The zero-order valence-electron chi connectivity index (χ0n) is 12.4. The van der Waals surface area contributed by atoms with Gasteiger partial charge in [-0.25, -0.2) is 4.98 Å². The monoisotopic (exact) mass is 333 g/mol. The number of halogens is 1. The molecule has 114 valence electrons. The average molecular weight is 334 g/mol. The molecule has 0 radical (unpaired) electrons. The molecule has 0 spiro atoms. The maximum atomic E-state index is 12.2. The molecule has 3 rings (SSSR count). The molecule has 0 aliphatic rings. The number of carbonyl (C=O) groups is 1. The third-order valence-electron chi connectivity index (χ3n) is 3.52. The van der Waals surface area contributed by atoms with Crippen molar-refractivity contribution < 1.29 is 4.79 Å². The molecular formula is C16H16ClN3OS. The van der Waals surface area contributed by atoms with E-state index in [9.17, 15) is 4.79 Å². The van der Waals surface area contributed by atoms with Crippen molar-refractivity contribution >= 4 is 34.5 Å². The van der Waals surface area contributed by atoms with E-state index < -0.39 is 0 Å². The second kappa shape index (κ2) is 6.10. The molecule has 0 saturated carbocycles. The van der Waals surface area contributed by atoms with E-state index in [-0.39, 0.29) is 5.91 Å². The van der Waals surface area contributed by atoms with E-state index in [1.54, 1.807) is 12.3 Å². The van der Waals surface area contributed by atoms with Crippen molar-refractivity contribution in [3.63, 3.8) is 0 Å². The molecule has 0 unspecified atom stereocenters. The topological polar surface area (TPSA) is 46.4 Å². The van der Waals surface area contributed by atoms with Gasteiger partial charge in [-0.3, -0.25) is 4.79 Å².